The number of carbonyl (C=O) groups is 1. The maximum absolute atomic E-state index is 12.8. The minimum Gasteiger partial charge on any atom is -0.377 e. The number of rotatable bonds is 10. The summed E-state index contributed by atoms with van der Waals surface area (Å²) in [7, 11) is 1.67. The van der Waals surface area contributed by atoms with Gasteiger partial charge in [-0.1, -0.05) is 64.6 Å². The van der Waals surface area contributed by atoms with Crippen molar-refractivity contribution in [2.45, 2.75) is 52.9 Å². The fraction of sp³-hybridized carbons (Fsp3) is 0.360. The highest BCUT2D eigenvalue weighted by atomic mass is 19.4. The second-order valence-corrected chi connectivity index (χ2v) is 6.32. The quantitative estimate of drug-likeness (QED) is 0.324. The first-order valence-corrected chi connectivity index (χ1v) is 11.3. The summed E-state index contributed by atoms with van der Waals surface area (Å²) in [6.45, 7) is 10.4. The molecule has 0 aliphatic carbocycles. The molecule has 0 aliphatic heterocycles. The summed E-state index contributed by atoms with van der Waals surface area (Å²) in [5.41, 5.74) is 0.804. The SMILES string of the molecule is C=CNC(/C=C/C/C=C\C=NC)C(=O)Nc1cccc(-c2nncn2CC(F)(F)F)c1.CC.CC. The fourth-order valence-corrected chi connectivity index (χ4v) is 2.61. The summed E-state index contributed by atoms with van der Waals surface area (Å²) in [6.07, 6.45) is 7.47. The van der Waals surface area contributed by atoms with Crippen LogP contribution in [0, 0.1) is 0 Å². The van der Waals surface area contributed by atoms with Crippen LogP contribution in [0.4, 0.5) is 18.9 Å². The molecule has 1 heterocycles. The number of nitrogens with one attached hydrogen (secondary N) is 2. The molecule has 0 bridgehead atoms. The van der Waals surface area contributed by atoms with Crippen LogP contribution >= 0.6 is 0 Å². The van der Waals surface area contributed by atoms with Gasteiger partial charge < -0.3 is 15.2 Å². The van der Waals surface area contributed by atoms with Gasteiger partial charge in [-0.25, -0.2) is 0 Å². The number of nitrogens with zero attached hydrogens (tertiary/aromatic N) is 4. The third-order valence-corrected chi connectivity index (χ3v) is 3.91. The van der Waals surface area contributed by atoms with Crippen LogP contribution in [0.3, 0.4) is 0 Å². The molecule has 0 fully saturated rings. The Balaban J connectivity index is 0.00000274. The number of benzene rings is 1. The lowest BCUT2D eigenvalue weighted by Gasteiger charge is -2.14. The molecule has 1 amide bonds. The number of amides is 1. The second kappa shape index (κ2) is 17.7. The van der Waals surface area contributed by atoms with Gasteiger partial charge in [-0.05, 0) is 30.8 Å². The number of hydrogen-bond donors (Lipinski definition) is 2. The zero-order valence-electron chi connectivity index (χ0n) is 20.9. The van der Waals surface area contributed by atoms with Crippen LogP contribution in [0.2, 0.25) is 0 Å². The van der Waals surface area contributed by atoms with Crippen molar-refractivity contribution in [2.24, 2.45) is 4.99 Å². The lowest BCUT2D eigenvalue weighted by atomic mass is 10.1. The van der Waals surface area contributed by atoms with E-state index in [1.54, 1.807) is 43.6 Å². The topological polar surface area (TPSA) is 84.2 Å². The molecule has 0 aliphatic rings. The summed E-state index contributed by atoms with van der Waals surface area (Å²) in [5.74, 6) is -0.305. The van der Waals surface area contributed by atoms with Crippen molar-refractivity contribution >= 4 is 17.8 Å². The highest BCUT2D eigenvalue weighted by Crippen LogP contribution is 2.24. The van der Waals surface area contributed by atoms with Crippen molar-refractivity contribution < 1.29 is 18.0 Å². The average molecular weight is 493 g/mol. The predicted octanol–water partition coefficient (Wildman–Crippen LogP) is 5.80. The van der Waals surface area contributed by atoms with E-state index in [0.717, 1.165) is 10.9 Å². The Bertz CT molecular complexity index is 964. The maximum Gasteiger partial charge on any atom is 0.406 e. The van der Waals surface area contributed by atoms with E-state index >= 15 is 0 Å². The number of carbonyl (C=O) groups excluding carboxylic acids is 1. The maximum atomic E-state index is 12.8. The highest BCUT2D eigenvalue weighted by molar-refractivity contribution is 5.96. The number of aliphatic imine (C=N–C) groups is 1. The number of anilines is 1. The third-order valence-electron chi connectivity index (χ3n) is 3.91. The minimum absolute atomic E-state index is 0.0523. The standard InChI is InChI=1S/C21H23F3N6O.2C2H6/c1-3-26-18(11-6-4-5-7-12-25-2)20(31)28-17-10-8-9-16(13-17)19-29-27-15-30(19)14-21(22,23)24;2*1-2/h3,5-13,15,18,26H,1,4,14H2,2H3,(H,28,31);2*1-2H3/b7-5-,11-6+,25-12?;;. The summed E-state index contributed by atoms with van der Waals surface area (Å²) in [4.78, 5) is 16.5. The first-order valence-electron chi connectivity index (χ1n) is 11.3. The number of hydrogen-bond acceptors (Lipinski definition) is 5. The van der Waals surface area contributed by atoms with E-state index < -0.39 is 18.8 Å². The monoisotopic (exact) mass is 492 g/mol. The number of aromatic nitrogens is 3. The summed E-state index contributed by atoms with van der Waals surface area (Å²) >= 11 is 0. The molecule has 2 N–H and O–H groups in total. The van der Waals surface area contributed by atoms with Crippen molar-refractivity contribution in [1.29, 1.82) is 0 Å². The van der Waals surface area contributed by atoms with Gasteiger partial charge in [-0.15, -0.1) is 10.2 Å². The van der Waals surface area contributed by atoms with Crippen LogP contribution in [-0.4, -0.2) is 46.2 Å². The first kappa shape index (κ1) is 31.3. The van der Waals surface area contributed by atoms with Crippen LogP contribution in [-0.2, 0) is 11.3 Å². The average Bonchev–Trinajstić information content (AvgIpc) is 3.29. The van der Waals surface area contributed by atoms with Gasteiger partial charge >= 0.3 is 6.18 Å². The molecule has 0 saturated carbocycles. The third kappa shape index (κ3) is 12.4. The molecule has 192 valence electrons. The zero-order valence-corrected chi connectivity index (χ0v) is 20.9. The molecule has 1 aromatic carbocycles. The van der Waals surface area contributed by atoms with E-state index in [2.05, 4.69) is 32.4 Å². The van der Waals surface area contributed by atoms with Crippen molar-refractivity contribution in [3.05, 3.63) is 67.7 Å². The number of alkyl halides is 3. The molecule has 0 spiro atoms. The molecule has 1 aromatic heterocycles. The second-order valence-electron chi connectivity index (χ2n) is 6.32. The van der Waals surface area contributed by atoms with Gasteiger partial charge in [-0.2, -0.15) is 13.2 Å². The van der Waals surface area contributed by atoms with Crippen molar-refractivity contribution in [2.75, 3.05) is 12.4 Å². The summed E-state index contributed by atoms with van der Waals surface area (Å²) in [6, 6.07) is 5.70. The summed E-state index contributed by atoms with van der Waals surface area (Å²) < 4.78 is 39.2. The number of halogens is 3. The predicted molar refractivity (Wildman–Crippen MR) is 137 cm³/mol. The Hall–Kier alpha value is -3.69. The normalized spacial score (nSPS) is 12.0. The zero-order chi connectivity index (χ0) is 26.7. The van der Waals surface area contributed by atoms with Crippen LogP contribution in [0.1, 0.15) is 34.1 Å². The van der Waals surface area contributed by atoms with Gasteiger partial charge in [0.1, 0.15) is 18.9 Å². The van der Waals surface area contributed by atoms with Gasteiger partial charge in [0.2, 0.25) is 0 Å². The number of allylic oxidation sites excluding steroid dienone is 3. The van der Waals surface area contributed by atoms with Crippen LogP contribution in [0.25, 0.3) is 11.4 Å². The van der Waals surface area contributed by atoms with E-state index in [-0.39, 0.29) is 11.7 Å². The molecule has 10 heteroatoms. The van der Waals surface area contributed by atoms with Crippen LogP contribution in [0.5, 0.6) is 0 Å². The Morgan fingerprint density at radius 3 is 2.57 bits per heavy atom. The van der Waals surface area contributed by atoms with E-state index in [1.165, 1.54) is 12.3 Å². The lowest BCUT2D eigenvalue weighted by Crippen LogP contribution is -2.36. The molecule has 35 heavy (non-hydrogen) atoms. The molecule has 0 radical (unpaired) electrons. The smallest absolute Gasteiger partial charge is 0.377 e. The lowest BCUT2D eigenvalue weighted by molar-refractivity contribution is -0.140. The highest BCUT2D eigenvalue weighted by Gasteiger charge is 2.29. The van der Waals surface area contributed by atoms with Crippen molar-refractivity contribution in [3.8, 4) is 11.4 Å². The van der Waals surface area contributed by atoms with Gasteiger partial charge in [-0.3, -0.25) is 9.79 Å². The molecular weight excluding hydrogens is 457 g/mol. The fourth-order valence-electron chi connectivity index (χ4n) is 2.61. The summed E-state index contributed by atoms with van der Waals surface area (Å²) in [5, 5.41) is 12.9. The molecule has 2 rings (SSSR count). The molecular formula is C25H35F3N6O. The minimum atomic E-state index is -4.41. The van der Waals surface area contributed by atoms with Gasteiger partial charge in [0, 0.05) is 24.5 Å². The molecule has 2 aromatic rings. The van der Waals surface area contributed by atoms with E-state index in [4.69, 9.17) is 0 Å². The van der Waals surface area contributed by atoms with E-state index in [1.807, 2.05) is 39.8 Å². The largest absolute Gasteiger partial charge is 0.406 e. The van der Waals surface area contributed by atoms with Crippen molar-refractivity contribution in [3.63, 3.8) is 0 Å². The van der Waals surface area contributed by atoms with E-state index in [9.17, 15) is 18.0 Å². The Morgan fingerprint density at radius 2 is 1.94 bits per heavy atom. The van der Waals surface area contributed by atoms with Gasteiger partial charge in [0.15, 0.2) is 5.82 Å². The molecule has 7 nitrogen and oxygen atoms in total. The van der Waals surface area contributed by atoms with Gasteiger partial charge in [0.25, 0.3) is 5.91 Å². The van der Waals surface area contributed by atoms with Crippen LogP contribution < -0.4 is 10.6 Å². The Morgan fingerprint density at radius 1 is 1.23 bits per heavy atom. The van der Waals surface area contributed by atoms with Crippen molar-refractivity contribution in [1.82, 2.24) is 20.1 Å². The van der Waals surface area contributed by atoms with Crippen LogP contribution in [0.15, 0.2) is 72.7 Å². The van der Waals surface area contributed by atoms with E-state index in [0.29, 0.717) is 17.7 Å². The molecule has 1 unspecified atom stereocenters. The van der Waals surface area contributed by atoms with Gasteiger partial charge in [0.05, 0.1) is 0 Å². The Kier molecular flexibility index (Phi) is 15.9. The Labute approximate surface area is 205 Å². The molecule has 1 atom stereocenters. The molecule has 0 saturated heterocycles. The first-order chi connectivity index (χ1) is 16.8.